The van der Waals surface area contributed by atoms with E-state index in [4.69, 9.17) is 8.83 Å². The lowest BCUT2D eigenvalue weighted by atomic mass is 10.0. The van der Waals surface area contributed by atoms with Gasteiger partial charge in [0.2, 0.25) is 0 Å². The van der Waals surface area contributed by atoms with Crippen molar-refractivity contribution in [3.05, 3.63) is 48.9 Å². The lowest BCUT2D eigenvalue weighted by molar-refractivity contribution is 0.570. The highest BCUT2D eigenvalue weighted by molar-refractivity contribution is 5.68. The number of hydrogen-bond acceptors (Lipinski definition) is 4. The first-order chi connectivity index (χ1) is 9.33. The molecule has 0 amide bonds. The van der Waals surface area contributed by atoms with Gasteiger partial charge in [-0.1, -0.05) is 13.8 Å². The van der Waals surface area contributed by atoms with E-state index < -0.39 is 0 Å². The summed E-state index contributed by atoms with van der Waals surface area (Å²) in [6.45, 7) is 6.03. The summed E-state index contributed by atoms with van der Waals surface area (Å²) in [5, 5.41) is 0. The molecule has 0 saturated carbocycles. The van der Waals surface area contributed by atoms with Crippen molar-refractivity contribution >= 4 is 0 Å². The molecule has 3 rings (SSSR count). The van der Waals surface area contributed by atoms with Crippen LogP contribution in [0.15, 0.2) is 52.2 Å². The molecule has 0 aliphatic rings. The van der Waals surface area contributed by atoms with Gasteiger partial charge in [0, 0.05) is 11.1 Å². The molecular weight excluding hydrogens is 240 g/mol. The Labute approximate surface area is 112 Å². The summed E-state index contributed by atoms with van der Waals surface area (Å²) in [5.74, 6) is 1.49. The lowest BCUT2D eigenvalue weighted by Gasteiger charge is -2.02. The number of oxazole rings is 2. The molecule has 0 fully saturated rings. The van der Waals surface area contributed by atoms with Crippen molar-refractivity contribution in [3.63, 3.8) is 0 Å². The molecule has 0 aliphatic heterocycles. The van der Waals surface area contributed by atoms with E-state index in [0.717, 1.165) is 28.2 Å². The van der Waals surface area contributed by atoms with Crippen LogP contribution < -0.4 is 0 Å². The molecule has 2 heterocycles. The van der Waals surface area contributed by atoms with Gasteiger partial charge in [0.15, 0.2) is 24.3 Å². The van der Waals surface area contributed by atoms with Crippen LogP contribution >= 0.6 is 0 Å². The normalized spacial score (nSPS) is 9.84. The van der Waals surface area contributed by atoms with Gasteiger partial charge in [-0.15, -0.1) is 0 Å². The SMILES string of the molecule is CC.Cc1cc(-c2cnco2)cc(-c2cnco2)c1. The van der Waals surface area contributed by atoms with Crippen molar-refractivity contribution < 1.29 is 8.83 Å². The maximum Gasteiger partial charge on any atom is 0.181 e. The van der Waals surface area contributed by atoms with Gasteiger partial charge < -0.3 is 8.83 Å². The number of aryl methyl sites for hydroxylation is 1. The van der Waals surface area contributed by atoms with Gasteiger partial charge in [-0.2, -0.15) is 0 Å². The second-order valence-corrected chi connectivity index (χ2v) is 3.82. The van der Waals surface area contributed by atoms with Gasteiger partial charge >= 0.3 is 0 Å². The van der Waals surface area contributed by atoms with Crippen LogP contribution in [0, 0.1) is 6.92 Å². The molecule has 98 valence electrons. The minimum absolute atomic E-state index is 0.745. The van der Waals surface area contributed by atoms with Crippen LogP contribution in [0.25, 0.3) is 22.6 Å². The molecule has 4 nitrogen and oxygen atoms in total. The van der Waals surface area contributed by atoms with E-state index in [-0.39, 0.29) is 0 Å². The Balaban J connectivity index is 0.000000637. The smallest absolute Gasteiger partial charge is 0.181 e. The number of rotatable bonds is 2. The number of nitrogens with zero attached hydrogens (tertiary/aromatic N) is 2. The fraction of sp³-hybridized carbons (Fsp3) is 0.200. The van der Waals surface area contributed by atoms with Crippen molar-refractivity contribution in [2.45, 2.75) is 20.8 Å². The molecule has 0 atom stereocenters. The third-order valence-electron chi connectivity index (χ3n) is 2.51. The van der Waals surface area contributed by atoms with Crippen LogP contribution in [0.2, 0.25) is 0 Å². The van der Waals surface area contributed by atoms with E-state index in [0.29, 0.717) is 0 Å². The topological polar surface area (TPSA) is 52.1 Å². The van der Waals surface area contributed by atoms with Crippen LogP contribution in [0.3, 0.4) is 0 Å². The first-order valence-electron chi connectivity index (χ1n) is 6.22. The molecule has 0 bridgehead atoms. The van der Waals surface area contributed by atoms with Gasteiger partial charge in [0.1, 0.15) is 0 Å². The van der Waals surface area contributed by atoms with Crippen molar-refractivity contribution in [2.75, 3.05) is 0 Å². The molecule has 3 aromatic rings. The number of aromatic nitrogens is 2. The zero-order valence-electron chi connectivity index (χ0n) is 11.3. The first kappa shape index (κ1) is 13.1. The van der Waals surface area contributed by atoms with Crippen molar-refractivity contribution in [3.8, 4) is 22.6 Å². The Kier molecular flexibility index (Phi) is 4.13. The van der Waals surface area contributed by atoms with E-state index >= 15 is 0 Å². The summed E-state index contributed by atoms with van der Waals surface area (Å²) in [6, 6.07) is 6.08. The van der Waals surface area contributed by atoms with Crippen LogP contribution in [0.4, 0.5) is 0 Å². The van der Waals surface area contributed by atoms with Crippen LogP contribution in [0.5, 0.6) is 0 Å². The van der Waals surface area contributed by atoms with E-state index in [9.17, 15) is 0 Å². The Morgan fingerprint density at radius 2 is 1.26 bits per heavy atom. The van der Waals surface area contributed by atoms with Crippen LogP contribution in [0.1, 0.15) is 19.4 Å². The van der Waals surface area contributed by atoms with Gasteiger partial charge in [-0.3, -0.25) is 0 Å². The second-order valence-electron chi connectivity index (χ2n) is 3.82. The molecule has 19 heavy (non-hydrogen) atoms. The Hall–Kier alpha value is -2.36. The van der Waals surface area contributed by atoms with Crippen LogP contribution in [-0.4, -0.2) is 9.97 Å². The molecule has 0 saturated heterocycles. The highest BCUT2D eigenvalue weighted by Gasteiger charge is 2.07. The van der Waals surface area contributed by atoms with Gasteiger partial charge in [-0.25, -0.2) is 9.97 Å². The molecule has 2 aromatic heterocycles. The molecule has 0 N–H and O–H groups in total. The van der Waals surface area contributed by atoms with Crippen molar-refractivity contribution in [1.29, 1.82) is 0 Å². The zero-order valence-corrected chi connectivity index (χ0v) is 11.3. The summed E-state index contributed by atoms with van der Waals surface area (Å²) in [4.78, 5) is 7.84. The van der Waals surface area contributed by atoms with Crippen molar-refractivity contribution in [2.24, 2.45) is 0 Å². The molecule has 4 heteroatoms. The molecule has 0 spiro atoms. The maximum absolute atomic E-state index is 5.29. The summed E-state index contributed by atoms with van der Waals surface area (Å²) in [7, 11) is 0. The van der Waals surface area contributed by atoms with Crippen molar-refractivity contribution in [1.82, 2.24) is 9.97 Å². The monoisotopic (exact) mass is 256 g/mol. The zero-order chi connectivity index (χ0) is 13.7. The third kappa shape index (κ3) is 2.91. The van der Waals surface area contributed by atoms with Gasteiger partial charge in [0.05, 0.1) is 12.4 Å². The molecule has 0 unspecified atom stereocenters. The molecule has 0 aliphatic carbocycles. The van der Waals surface area contributed by atoms with E-state index in [1.807, 2.05) is 39.0 Å². The number of benzene rings is 1. The average molecular weight is 256 g/mol. The van der Waals surface area contributed by atoms with Gasteiger partial charge in [0.25, 0.3) is 0 Å². The van der Waals surface area contributed by atoms with E-state index in [1.54, 1.807) is 12.4 Å². The molecular formula is C15H16N2O2. The fourth-order valence-electron chi connectivity index (χ4n) is 1.78. The summed E-state index contributed by atoms with van der Waals surface area (Å²) in [6.07, 6.45) is 6.23. The summed E-state index contributed by atoms with van der Waals surface area (Å²) >= 11 is 0. The lowest BCUT2D eigenvalue weighted by Crippen LogP contribution is -1.81. The second kappa shape index (κ2) is 6.00. The standard InChI is InChI=1S/C13H10N2O2.C2H6/c1-9-2-10(12-5-14-7-16-12)4-11(3-9)13-6-15-8-17-13;1-2/h2-8H,1H3;1-2H3. The maximum atomic E-state index is 5.29. The first-order valence-corrected chi connectivity index (χ1v) is 6.22. The van der Waals surface area contributed by atoms with E-state index in [2.05, 4.69) is 9.97 Å². The highest BCUT2D eigenvalue weighted by Crippen LogP contribution is 2.27. The Morgan fingerprint density at radius 1 is 0.789 bits per heavy atom. The summed E-state index contributed by atoms with van der Waals surface area (Å²) < 4.78 is 10.6. The third-order valence-corrected chi connectivity index (χ3v) is 2.51. The Bertz CT molecular complexity index is 561. The predicted molar refractivity (Wildman–Crippen MR) is 73.5 cm³/mol. The minimum Gasteiger partial charge on any atom is -0.444 e. The molecule has 0 radical (unpaired) electrons. The average Bonchev–Trinajstić information content (AvgIpc) is 3.14. The minimum atomic E-state index is 0.745. The quantitative estimate of drug-likeness (QED) is 0.684. The molecule has 1 aromatic carbocycles. The van der Waals surface area contributed by atoms with E-state index in [1.165, 1.54) is 12.8 Å². The largest absolute Gasteiger partial charge is 0.444 e. The fourth-order valence-corrected chi connectivity index (χ4v) is 1.78. The predicted octanol–water partition coefficient (Wildman–Crippen LogP) is 4.33. The number of hydrogen-bond donors (Lipinski definition) is 0. The van der Waals surface area contributed by atoms with Gasteiger partial charge in [-0.05, 0) is 30.7 Å². The van der Waals surface area contributed by atoms with Crippen LogP contribution in [-0.2, 0) is 0 Å². The highest BCUT2D eigenvalue weighted by atomic mass is 16.3. The summed E-state index contributed by atoms with van der Waals surface area (Å²) in [5.41, 5.74) is 3.09. The Morgan fingerprint density at radius 3 is 1.63 bits per heavy atom.